The van der Waals surface area contributed by atoms with Crippen LogP contribution in [0.25, 0.3) is 16.5 Å². The van der Waals surface area contributed by atoms with Crippen LogP contribution >= 0.6 is 0 Å². The number of anilines is 1. The van der Waals surface area contributed by atoms with Gasteiger partial charge >= 0.3 is 0 Å². The molecule has 7 heteroatoms. The number of hydrogen-bond acceptors (Lipinski definition) is 4. The number of aryl methyl sites for hydroxylation is 2. The maximum Gasteiger partial charge on any atom is 0.281 e. The molecule has 0 bridgehead atoms. The fraction of sp³-hybridized carbons (Fsp3) is 0.143. The SMILES string of the molecule is Cc1c2cnn(-c3ccccc3)c(=O)c2c(C)n1CC(=O)Nc1cccnc1. The van der Waals surface area contributed by atoms with E-state index < -0.39 is 0 Å². The van der Waals surface area contributed by atoms with Crippen LogP contribution in [0, 0.1) is 13.8 Å². The number of carbonyl (C=O) groups excluding carboxylic acids is 1. The molecule has 7 nitrogen and oxygen atoms in total. The van der Waals surface area contributed by atoms with Gasteiger partial charge in [0.2, 0.25) is 5.91 Å². The molecule has 1 N–H and O–H groups in total. The van der Waals surface area contributed by atoms with Crippen LogP contribution in [0.4, 0.5) is 5.69 Å². The third-order valence-electron chi connectivity index (χ3n) is 4.79. The van der Waals surface area contributed by atoms with Crippen LogP contribution in [0.3, 0.4) is 0 Å². The number of amides is 1. The lowest BCUT2D eigenvalue weighted by atomic mass is 10.2. The summed E-state index contributed by atoms with van der Waals surface area (Å²) in [5.41, 5.74) is 2.71. The molecule has 140 valence electrons. The van der Waals surface area contributed by atoms with Crippen molar-refractivity contribution in [1.82, 2.24) is 19.3 Å². The van der Waals surface area contributed by atoms with Crippen molar-refractivity contribution in [1.29, 1.82) is 0 Å². The van der Waals surface area contributed by atoms with Gasteiger partial charge in [0.15, 0.2) is 0 Å². The molecule has 0 aliphatic heterocycles. The van der Waals surface area contributed by atoms with Gasteiger partial charge in [-0.3, -0.25) is 14.6 Å². The number of fused-ring (bicyclic) bond motifs is 1. The first kappa shape index (κ1) is 17.7. The standard InChI is InChI=1S/C21H19N5O2/c1-14-18-12-23-26(17-8-4-3-5-9-17)21(28)20(18)15(2)25(14)13-19(27)24-16-7-6-10-22-11-16/h3-12H,13H2,1-2H3,(H,24,27). The summed E-state index contributed by atoms with van der Waals surface area (Å²) in [6, 6.07) is 12.8. The van der Waals surface area contributed by atoms with Crippen LogP contribution in [0.15, 0.2) is 65.8 Å². The quantitative estimate of drug-likeness (QED) is 0.596. The molecule has 0 spiro atoms. The monoisotopic (exact) mass is 373 g/mol. The van der Waals surface area contributed by atoms with Crippen LogP contribution in [-0.4, -0.2) is 25.2 Å². The maximum absolute atomic E-state index is 13.1. The highest BCUT2D eigenvalue weighted by Gasteiger charge is 2.18. The van der Waals surface area contributed by atoms with Crippen LogP contribution in [0.2, 0.25) is 0 Å². The normalized spacial score (nSPS) is 10.9. The van der Waals surface area contributed by atoms with Crippen LogP contribution < -0.4 is 10.9 Å². The Morgan fingerprint density at radius 2 is 1.82 bits per heavy atom. The second-order valence-electron chi connectivity index (χ2n) is 6.53. The molecule has 1 amide bonds. The maximum atomic E-state index is 13.1. The first-order chi connectivity index (χ1) is 13.6. The highest BCUT2D eigenvalue weighted by atomic mass is 16.2. The van der Waals surface area contributed by atoms with Crippen molar-refractivity contribution in [3.63, 3.8) is 0 Å². The minimum atomic E-state index is -0.198. The van der Waals surface area contributed by atoms with Gasteiger partial charge in [-0.05, 0) is 38.1 Å². The fourth-order valence-corrected chi connectivity index (χ4v) is 3.38. The third-order valence-corrected chi connectivity index (χ3v) is 4.79. The number of aromatic nitrogens is 4. The Morgan fingerprint density at radius 3 is 2.54 bits per heavy atom. The van der Waals surface area contributed by atoms with E-state index >= 15 is 0 Å². The summed E-state index contributed by atoms with van der Waals surface area (Å²) < 4.78 is 3.23. The van der Waals surface area contributed by atoms with Crippen LogP contribution in [-0.2, 0) is 11.3 Å². The van der Waals surface area contributed by atoms with Gasteiger partial charge < -0.3 is 9.88 Å². The summed E-state index contributed by atoms with van der Waals surface area (Å²) in [5, 5.41) is 8.47. The second kappa shape index (κ2) is 7.11. The van der Waals surface area contributed by atoms with E-state index in [2.05, 4.69) is 15.4 Å². The molecule has 0 atom stereocenters. The molecule has 28 heavy (non-hydrogen) atoms. The topological polar surface area (TPSA) is 81.8 Å². The fourth-order valence-electron chi connectivity index (χ4n) is 3.38. The summed E-state index contributed by atoms with van der Waals surface area (Å²) >= 11 is 0. The van der Waals surface area contributed by atoms with Crippen molar-refractivity contribution in [2.24, 2.45) is 0 Å². The molecule has 0 aliphatic rings. The number of nitrogens with zero attached hydrogens (tertiary/aromatic N) is 4. The predicted octanol–water partition coefficient (Wildman–Crippen LogP) is 2.84. The summed E-state index contributed by atoms with van der Waals surface area (Å²) in [5.74, 6) is -0.184. The Hall–Kier alpha value is -3.74. The van der Waals surface area contributed by atoms with Crippen molar-refractivity contribution < 1.29 is 4.79 Å². The van der Waals surface area contributed by atoms with E-state index in [0.29, 0.717) is 16.8 Å². The molecule has 0 radical (unpaired) electrons. The Bertz CT molecular complexity index is 1210. The number of rotatable bonds is 4. The van der Waals surface area contributed by atoms with Crippen LogP contribution in [0.5, 0.6) is 0 Å². The molecule has 3 heterocycles. The van der Waals surface area contributed by atoms with Gasteiger partial charge in [0.05, 0.1) is 29.2 Å². The van der Waals surface area contributed by atoms with E-state index in [1.54, 1.807) is 30.7 Å². The molecule has 0 aliphatic carbocycles. The zero-order valence-electron chi connectivity index (χ0n) is 15.6. The van der Waals surface area contributed by atoms with Crippen molar-refractivity contribution in [3.05, 3.63) is 82.8 Å². The van der Waals surface area contributed by atoms with E-state index in [1.165, 1.54) is 4.68 Å². The van der Waals surface area contributed by atoms with E-state index in [4.69, 9.17) is 0 Å². The number of nitrogens with one attached hydrogen (secondary N) is 1. The molecule has 4 aromatic rings. The first-order valence-electron chi connectivity index (χ1n) is 8.89. The Labute approximate surface area is 161 Å². The van der Waals surface area contributed by atoms with Gasteiger partial charge in [-0.25, -0.2) is 0 Å². The number of hydrogen-bond donors (Lipinski definition) is 1. The van der Waals surface area contributed by atoms with Gasteiger partial charge in [0.1, 0.15) is 6.54 Å². The van der Waals surface area contributed by atoms with Crippen molar-refractivity contribution >= 4 is 22.4 Å². The molecular formula is C21H19N5O2. The Balaban J connectivity index is 1.73. The van der Waals surface area contributed by atoms with Gasteiger partial charge in [0, 0.05) is 23.0 Å². The lowest BCUT2D eigenvalue weighted by Gasteiger charge is -2.09. The minimum absolute atomic E-state index is 0.103. The number of carbonyl (C=O) groups is 1. The summed E-state index contributed by atoms with van der Waals surface area (Å²) in [6.07, 6.45) is 4.92. The predicted molar refractivity (Wildman–Crippen MR) is 108 cm³/mol. The third kappa shape index (κ3) is 3.07. The van der Waals surface area contributed by atoms with Gasteiger partial charge in [0.25, 0.3) is 5.56 Å². The van der Waals surface area contributed by atoms with E-state index in [0.717, 1.165) is 16.8 Å². The second-order valence-corrected chi connectivity index (χ2v) is 6.53. The molecule has 0 fully saturated rings. The van der Waals surface area contributed by atoms with E-state index in [-0.39, 0.29) is 18.0 Å². The molecule has 4 rings (SSSR count). The highest BCUT2D eigenvalue weighted by Crippen LogP contribution is 2.22. The first-order valence-corrected chi connectivity index (χ1v) is 8.89. The van der Waals surface area contributed by atoms with Gasteiger partial charge in [-0.1, -0.05) is 18.2 Å². The van der Waals surface area contributed by atoms with Crippen LogP contribution in [0.1, 0.15) is 11.4 Å². The summed E-state index contributed by atoms with van der Waals surface area (Å²) in [4.78, 5) is 29.5. The van der Waals surface area contributed by atoms with Gasteiger partial charge in [-0.15, -0.1) is 0 Å². The smallest absolute Gasteiger partial charge is 0.281 e. The molecule has 3 aromatic heterocycles. The van der Waals surface area contributed by atoms with Gasteiger partial charge in [-0.2, -0.15) is 9.78 Å². The Kier molecular flexibility index (Phi) is 4.49. The molecule has 0 saturated heterocycles. The van der Waals surface area contributed by atoms with Crippen molar-refractivity contribution in [3.8, 4) is 5.69 Å². The molecular weight excluding hydrogens is 354 g/mol. The number of pyridine rings is 1. The highest BCUT2D eigenvalue weighted by molar-refractivity contribution is 5.92. The zero-order valence-corrected chi connectivity index (χ0v) is 15.6. The largest absolute Gasteiger partial charge is 0.338 e. The number of para-hydroxylation sites is 1. The molecule has 0 unspecified atom stereocenters. The lowest BCUT2D eigenvalue weighted by Crippen LogP contribution is -2.22. The van der Waals surface area contributed by atoms with E-state index in [1.807, 2.05) is 48.7 Å². The molecule has 1 aromatic carbocycles. The summed E-state index contributed by atoms with van der Waals surface area (Å²) in [7, 11) is 0. The average Bonchev–Trinajstić information content (AvgIpc) is 2.95. The molecule has 0 saturated carbocycles. The Morgan fingerprint density at radius 1 is 1.04 bits per heavy atom. The zero-order chi connectivity index (χ0) is 19.7. The minimum Gasteiger partial charge on any atom is -0.338 e. The van der Waals surface area contributed by atoms with Crippen molar-refractivity contribution in [2.75, 3.05) is 5.32 Å². The average molecular weight is 373 g/mol. The number of benzene rings is 1. The van der Waals surface area contributed by atoms with E-state index in [9.17, 15) is 9.59 Å². The lowest BCUT2D eigenvalue weighted by molar-refractivity contribution is -0.116. The summed E-state index contributed by atoms with van der Waals surface area (Å²) in [6.45, 7) is 3.84. The van der Waals surface area contributed by atoms with Crippen molar-refractivity contribution in [2.45, 2.75) is 20.4 Å².